The molecule has 2 aliphatic heterocycles. The van der Waals surface area contributed by atoms with Crippen molar-refractivity contribution in [1.82, 2.24) is 19.9 Å². The lowest BCUT2D eigenvalue weighted by molar-refractivity contribution is 1.30. The Balaban J connectivity index is 1.41. The van der Waals surface area contributed by atoms with Crippen LogP contribution in [-0.2, 0) is 0 Å². The Hall–Kier alpha value is -7.50. The molecule has 0 unspecified atom stereocenters. The Morgan fingerprint density at radius 2 is 0.709 bits per heavy atom. The molecule has 0 saturated carbocycles. The summed E-state index contributed by atoms with van der Waals surface area (Å²) < 4.78 is 0. The fourth-order valence-corrected chi connectivity index (χ4v) is 7.69. The maximum absolute atomic E-state index is 5.58. The van der Waals surface area contributed by atoms with E-state index >= 15 is 0 Å². The van der Waals surface area contributed by atoms with Crippen LogP contribution in [0, 0.1) is 0 Å². The van der Waals surface area contributed by atoms with Gasteiger partial charge in [0.15, 0.2) is 0 Å². The van der Waals surface area contributed by atoms with Gasteiger partial charge in [0, 0.05) is 50.0 Å². The second-order valence-electron chi connectivity index (χ2n) is 13.6. The largest absolute Gasteiger partial charge is 0.354 e. The van der Waals surface area contributed by atoms with Crippen molar-refractivity contribution < 1.29 is 0 Å². The molecule has 10 rings (SSSR count). The standard InChI is InChI=1S/C50H35N5/c1-6-16-33(17-7-1)46-38-26-27-39(52-38)47(34-18-8-2-9-19-34)41-30-31-43(54-41)49(36-22-12-4-13-23-36)50-45(51-37-24-14-5-15-25-37)32-44(55-50)48(35-20-10-3-11-21-35)42-29-28-40(46)53-42/h1-32,51,53-54H. The van der Waals surface area contributed by atoms with Crippen LogP contribution in [0.3, 0.4) is 0 Å². The Kier molecular flexibility index (Phi) is 8.08. The number of nitrogens with zero attached hydrogens (tertiary/aromatic N) is 2. The van der Waals surface area contributed by atoms with E-state index in [4.69, 9.17) is 9.97 Å². The number of para-hydroxylation sites is 1. The van der Waals surface area contributed by atoms with Crippen LogP contribution in [0.2, 0.25) is 0 Å². The average Bonchev–Trinajstić information content (AvgIpc) is 4.08. The first-order valence-corrected chi connectivity index (χ1v) is 18.5. The second kappa shape index (κ2) is 13.8. The number of H-pyrrole nitrogens is 2. The minimum atomic E-state index is 0.845. The van der Waals surface area contributed by atoms with E-state index in [9.17, 15) is 0 Å². The molecule has 8 bridgehead atoms. The van der Waals surface area contributed by atoms with Crippen molar-refractivity contribution in [2.45, 2.75) is 0 Å². The van der Waals surface area contributed by atoms with E-state index in [0.717, 1.165) is 101 Å². The summed E-state index contributed by atoms with van der Waals surface area (Å²) in [6.07, 6.45) is 6.46. The number of hydrogen-bond acceptors (Lipinski definition) is 3. The van der Waals surface area contributed by atoms with Gasteiger partial charge < -0.3 is 15.3 Å². The molecule has 0 radical (unpaired) electrons. The minimum absolute atomic E-state index is 0.845. The van der Waals surface area contributed by atoms with Gasteiger partial charge in [-0.3, -0.25) is 0 Å². The summed E-state index contributed by atoms with van der Waals surface area (Å²) in [4.78, 5) is 18.7. The highest BCUT2D eigenvalue weighted by Crippen LogP contribution is 2.40. The van der Waals surface area contributed by atoms with Crippen molar-refractivity contribution in [2.24, 2.45) is 0 Å². The third-order valence-electron chi connectivity index (χ3n) is 10.2. The van der Waals surface area contributed by atoms with E-state index in [1.165, 1.54) is 0 Å². The predicted octanol–water partition coefficient (Wildman–Crippen LogP) is 12.8. The van der Waals surface area contributed by atoms with Gasteiger partial charge in [0.2, 0.25) is 0 Å². The molecule has 0 amide bonds. The average molecular weight is 706 g/mol. The lowest BCUT2D eigenvalue weighted by Crippen LogP contribution is -1.99. The number of hydrogen-bond donors (Lipinski definition) is 3. The predicted molar refractivity (Wildman–Crippen MR) is 230 cm³/mol. The molecule has 0 atom stereocenters. The molecule has 3 N–H and O–H groups in total. The highest BCUT2D eigenvalue weighted by atomic mass is 14.9. The Morgan fingerprint density at radius 1 is 0.345 bits per heavy atom. The molecule has 260 valence electrons. The van der Waals surface area contributed by atoms with Crippen LogP contribution < -0.4 is 5.32 Å². The molecule has 3 aromatic heterocycles. The van der Waals surface area contributed by atoms with Crippen molar-refractivity contribution in [3.05, 3.63) is 199 Å². The van der Waals surface area contributed by atoms with Gasteiger partial charge in [0.25, 0.3) is 0 Å². The third-order valence-corrected chi connectivity index (χ3v) is 10.2. The molecular formula is C50H35N5. The minimum Gasteiger partial charge on any atom is -0.354 e. The Labute approximate surface area is 319 Å². The summed E-state index contributed by atoms with van der Waals surface area (Å²) in [5.74, 6) is 0. The van der Waals surface area contributed by atoms with E-state index in [-0.39, 0.29) is 0 Å². The van der Waals surface area contributed by atoms with E-state index in [0.29, 0.717) is 0 Å². The van der Waals surface area contributed by atoms with Gasteiger partial charge >= 0.3 is 0 Å². The van der Waals surface area contributed by atoms with Gasteiger partial charge in [-0.25, -0.2) is 9.97 Å². The zero-order chi connectivity index (χ0) is 36.6. The highest BCUT2D eigenvalue weighted by Gasteiger charge is 2.22. The summed E-state index contributed by atoms with van der Waals surface area (Å²) in [5.41, 5.74) is 17.5. The lowest BCUT2D eigenvalue weighted by atomic mass is 10.0. The number of aromatic nitrogens is 4. The maximum atomic E-state index is 5.58. The molecule has 5 heteroatoms. The molecule has 2 aliphatic rings. The number of rotatable bonds is 6. The lowest BCUT2D eigenvalue weighted by Gasteiger charge is -2.11. The molecule has 5 heterocycles. The molecule has 0 aliphatic carbocycles. The maximum Gasteiger partial charge on any atom is 0.0971 e. The van der Waals surface area contributed by atoms with Crippen LogP contribution in [0.5, 0.6) is 0 Å². The number of benzene rings is 5. The van der Waals surface area contributed by atoms with E-state index in [1.54, 1.807) is 0 Å². The van der Waals surface area contributed by atoms with Crippen molar-refractivity contribution in [3.63, 3.8) is 0 Å². The van der Waals surface area contributed by atoms with Crippen LogP contribution in [0.4, 0.5) is 5.69 Å². The van der Waals surface area contributed by atoms with E-state index < -0.39 is 0 Å². The fraction of sp³-hybridized carbons (Fsp3) is 0. The van der Waals surface area contributed by atoms with E-state index in [1.807, 2.05) is 18.2 Å². The van der Waals surface area contributed by atoms with Gasteiger partial charge in [0.1, 0.15) is 0 Å². The summed E-state index contributed by atoms with van der Waals surface area (Å²) >= 11 is 0. The van der Waals surface area contributed by atoms with Crippen LogP contribution in [0.15, 0.2) is 176 Å². The van der Waals surface area contributed by atoms with Crippen LogP contribution in [-0.4, -0.2) is 19.9 Å². The topological polar surface area (TPSA) is 69.4 Å². The Morgan fingerprint density at radius 3 is 1.15 bits per heavy atom. The zero-order valence-corrected chi connectivity index (χ0v) is 29.9. The van der Waals surface area contributed by atoms with Crippen molar-refractivity contribution in [2.75, 3.05) is 5.32 Å². The molecule has 55 heavy (non-hydrogen) atoms. The zero-order valence-electron chi connectivity index (χ0n) is 29.9. The monoisotopic (exact) mass is 705 g/mol. The summed E-state index contributed by atoms with van der Waals surface area (Å²) in [6, 6.07) is 61.0. The quantitative estimate of drug-likeness (QED) is 0.161. The van der Waals surface area contributed by atoms with Crippen molar-refractivity contribution in [3.8, 4) is 44.5 Å². The van der Waals surface area contributed by atoms with E-state index in [2.05, 4.69) is 191 Å². The first-order valence-electron chi connectivity index (χ1n) is 18.5. The number of fused-ring (bicyclic) bond motifs is 8. The first-order chi connectivity index (χ1) is 27.3. The van der Waals surface area contributed by atoms with Gasteiger partial charge in [-0.1, -0.05) is 140 Å². The van der Waals surface area contributed by atoms with Crippen molar-refractivity contribution in [1.29, 1.82) is 0 Å². The smallest absolute Gasteiger partial charge is 0.0971 e. The summed E-state index contributed by atoms with van der Waals surface area (Å²) in [7, 11) is 0. The van der Waals surface area contributed by atoms with Crippen LogP contribution >= 0.6 is 0 Å². The molecule has 8 aromatic rings. The highest BCUT2D eigenvalue weighted by molar-refractivity contribution is 6.03. The molecular weight excluding hydrogens is 671 g/mol. The van der Waals surface area contributed by atoms with Gasteiger partial charge in [-0.15, -0.1) is 0 Å². The van der Waals surface area contributed by atoms with Crippen molar-refractivity contribution >= 4 is 51.7 Å². The van der Waals surface area contributed by atoms with Crippen LogP contribution in [0.1, 0.15) is 22.8 Å². The third kappa shape index (κ3) is 6.04. The van der Waals surface area contributed by atoms with Crippen LogP contribution in [0.25, 0.3) is 90.5 Å². The fourth-order valence-electron chi connectivity index (χ4n) is 7.69. The number of aromatic amines is 2. The molecule has 5 nitrogen and oxygen atoms in total. The Bertz CT molecular complexity index is 2910. The normalized spacial score (nSPS) is 12.0. The number of anilines is 1. The molecule has 0 spiro atoms. The molecule has 0 fully saturated rings. The molecule has 0 saturated heterocycles. The van der Waals surface area contributed by atoms with Gasteiger partial charge in [-0.05, 0) is 76.9 Å². The van der Waals surface area contributed by atoms with Gasteiger partial charge in [0.05, 0.1) is 28.5 Å². The first kappa shape index (κ1) is 32.2. The molecule has 5 aromatic carbocycles. The number of nitrogens with one attached hydrogen (secondary N) is 3. The second-order valence-corrected chi connectivity index (χ2v) is 13.6. The summed E-state index contributed by atoms with van der Waals surface area (Å²) in [6.45, 7) is 0. The van der Waals surface area contributed by atoms with Gasteiger partial charge in [-0.2, -0.15) is 0 Å². The SMILES string of the molecule is C1=Cc2nc1c(-c1ccccc1)c1ccc([nH]1)c(-c1ccccc1)c1nc(c(-c3ccccc3)c3ccc([nH]3)c2-c2ccccc2)C(Nc2ccccc2)=C1. The summed E-state index contributed by atoms with van der Waals surface area (Å²) in [5, 5.41) is 3.75.